The monoisotopic (exact) mass is 298 g/mol. The molecule has 0 saturated carbocycles. The van der Waals surface area contributed by atoms with E-state index in [1.807, 2.05) is 13.0 Å². The maximum Gasteiger partial charge on any atom is 0.227 e. The van der Waals surface area contributed by atoms with E-state index in [2.05, 4.69) is 65.3 Å². The lowest BCUT2D eigenvalue weighted by atomic mass is 10.1. The lowest BCUT2D eigenvalue weighted by Crippen LogP contribution is -2.21. The number of rotatable bonds is 7. The van der Waals surface area contributed by atoms with Gasteiger partial charge in [-0.3, -0.25) is 0 Å². The van der Waals surface area contributed by atoms with Gasteiger partial charge in [0.15, 0.2) is 0 Å². The molecular formula is C18H26N4. The van der Waals surface area contributed by atoms with Gasteiger partial charge in [0.2, 0.25) is 5.95 Å². The molecule has 0 radical (unpaired) electrons. The van der Waals surface area contributed by atoms with Crippen molar-refractivity contribution in [1.82, 2.24) is 9.97 Å². The highest BCUT2D eigenvalue weighted by Gasteiger charge is 2.07. The van der Waals surface area contributed by atoms with Crippen LogP contribution >= 0.6 is 0 Å². The number of aromatic nitrogens is 2. The van der Waals surface area contributed by atoms with Crippen LogP contribution in [0.3, 0.4) is 0 Å². The number of benzene rings is 1. The Hall–Kier alpha value is -2.10. The van der Waals surface area contributed by atoms with Gasteiger partial charge in [-0.15, -0.1) is 0 Å². The van der Waals surface area contributed by atoms with Gasteiger partial charge in [-0.2, -0.15) is 4.98 Å². The van der Waals surface area contributed by atoms with E-state index < -0.39 is 0 Å². The van der Waals surface area contributed by atoms with Crippen LogP contribution in [0.25, 0.3) is 0 Å². The molecule has 0 amide bonds. The van der Waals surface area contributed by atoms with Gasteiger partial charge >= 0.3 is 0 Å². The topological polar surface area (TPSA) is 41.1 Å². The maximum atomic E-state index is 4.63. The molecule has 118 valence electrons. The molecule has 1 N–H and O–H groups in total. The van der Waals surface area contributed by atoms with Gasteiger partial charge in [0.05, 0.1) is 0 Å². The van der Waals surface area contributed by atoms with Crippen molar-refractivity contribution < 1.29 is 0 Å². The molecule has 1 aromatic carbocycles. The molecule has 0 fully saturated rings. The van der Waals surface area contributed by atoms with E-state index >= 15 is 0 Å². The Kier molecular flexibility index (Phi) is 5.75. The summed E-state index contributed by atoms with van der Waals surface area (Å²) in [6, 6.07) is 10.4. The second-order valence-corrected chi connectivity index (χ2v) is 5.75. The highest BCUT2D eigenvalue weighted by Crippen LogP contribution is 2.15. The molecule has 2 aromatic rings. The van der Waals surface area contributed by atoms with Crippen LogP contribution in [0.1, 0.15) is 36.6 Å². The highest BCUT2D eigenvalue weighted by molar-refractivity contribution is 5.44. The summed E-state index contributed by atoms with van der Waals surface area (Å²) in [6.07, 6.45) is 2.33. The maximum absolute atomic E-state index is 4.63. The summed E-state index contributed by atoms with van der Waals surface area (Å²) in [4.78, 5) is 11.3. The van der Waals surface area contributed by atoms with Crippen LogP contribution in [0.2, 0.25) is 0 Å². The minimum Gasteiger partial charge on any atom is -0.366 e. The molecule has 1 heterocycles. The van der Waals surface area contributed by atoms with Gasteiger partial charge in [0.1, 0.15) is 5.82 Å². The molecular weight excluding hydrogens is 272 g/mol. The fourth-order valence-corrected chi connectivity index (χ4v) is 2.30. The molecule has 0 atom stereocenters. The van der Waals surface area contributed by atoms with E-state index in [0.717, 1.165) is 37.0 Å². The number of hydrogen-bond acceptors (Lipinski definition) is 4. The first-order chi connectivity index (χ1) is 10.6. The molecule has 1 aromatic heterocycles. The Labute approximate surface area is 133 Å². The fourth-order valence-electron chi connectivity index (χ4n) is 2.30. The first kappa shape index (κ1) is 16.3. The number of hydrogen-bond donors (Lipinski definition) is 1. The third-order valence-electron chi connectivity index (χ3n) is 3.75. The third kappa shape index (κ3) is 4.45. The minimum atomic E-state index is 0.779. The zero-order chi connectivity index (χ0) is 15.9. The standard InChI is InChI=1S/C18H26N4/c1-5-6-11-22(4)18-20-15(3)12-17(21-18)19-13-16-10-8-7-9-14(16)2/h7-10,12H,5-6,11,13H2,1-4H3,(H,19,20,21). The Morgan fingerprint density at radius 1 is 1.14 bits per heavy atom. The lowest BCUT2D eigenvalue weighted by molar-refractivity contribution is 0.748. The molecule has 0 bridgehead atoms. The van der Waals surface area contributed by atoms with Crippen LogP contribution in [0.4, 0.5) is 11.8 Å². The molecule has 4 nitrogen and oxygen atoms in total. The van der Waals surface area contributed by atoms with Gasteiger partial charge < -0.3 is 10.2 Å². The molecule has 0 unspecified atom stereocenters. The fraction of sp³-hybridized carbons (Fsp3) is 0.444. The van der Waals surface area contributed by atoms with E-state index in [0.29, 0.717) is 0 Å². The van der Waals surface area contributed by atoms with Crippen molar-refractivity contribution in [2.75, 3.05) is 23.8 Å². The smallest absolute Gasteiger partial charge is 0.227 e. The average Bonchev–Trinajstić information content (AvgIpc) is 2.51. The molecule has 4 heteroatoms. The van der Waals surface area contributed by atoms with E-state index in [4.69, 9.17) is 0 Å². The summed E-state index contributed by atoms with van der Waals surface area (Å²) in [5.41, 5.74) is 3.57. The van der Waals surface area contributed by atoms with Crippen molar-refractivity contribution in [3.05, 3.63) is 47.2 Å². The van der Waals surface area contributed by atoms with E-state index in [9.17, 15) is 0 Å². The lowest BCUT2D eigenvalue weighted by Gasteiger charge is -2.18. The SMILES string of the molecule is CCCCN(C)c1nc(C)cc(NCc2ccccc2C)n1. The van der Waals surface area contributed by atoms with Crippen molar-refractivity contribution >= 4 is 11.8 Å². The summed E-state index contributed by atoms with van der Waals surface area (Å²) in [7, 11) is 2.05. The molecule has 0 aliphatic rings. The van der Waals surface area contributed by atoms with Gasteiger partial charge in [0, 0.05) is 31.9 Å². The summed E-state index contributed by atoms with van der Waals surface area (Å²) in [6.45, 7) is 8.10. The molecule has 0 aliphatic carbocycles. The first-order valence-corrected chi connectivity index (χ1v) is 7.95. The van der Waals surface area contributed by atoms with E-state index in [-0.39, 0.29) is 0 Å². The second-order valence-electron chi connectivity index (χ2n) is 5.75. The van der Waals surface area contributed by atoms with Gasteiger partial charge in [0.25, 0.3) is 0 Å². The quantitative estimate of drug-likeness (QED) is 0.840. The Balaban J connectivity index is 2.08. The van der Waals surface area contributed by atoms with Gasteiger partial charge in [-0.1, -0.05) is 37.6 Å². The number of aryl methyl sites for hydroxylation is 2. The Morgan fingerprint density at radius 2 is 1.91 bits per heavy atom. The normalized spacial score (nSPS) is 10.5. The van der Waals surface area contributed by atoms with Crippen LogP contribution < -0.4 is 10.2 Å². The summed E-state index contributed by atoms with van der Waals surface area (Å²) in [5.74, 6) is 1.68. The summed E-state index contributed by atoms with van der Waals surface area (Å²) in [5, 5.41) is 3.42. The van der Waals surface area contributed by atoms with Crippen LogP contribution in [-0.4, -0.2) is 23.6 Å². The first-order valence-electron chi connectivity index (χ1n) is 7.95. The zero-order valence-electron chi connectivity index (χ0n) is 14.1. The summed E-state index contributed by atoms with van der Waals surface area (Å²) >= 11 is 0. The summed E-state index contributed by atoms with van der Waals surface area (Å²) < 4.78 is 0. The Morgan fingerprint density at radius 3 is 2.64 bits per heavy atom. The highest BCUT2D eigenvalue weighted by atomic mass is 15.2. The number of nitrogens with one attached hydrogen (secondary N) is 1. The van der Waals surface area contributed by atoms with Crippen molar-refractivity contribution in [3.8, 4) is 0 Å². The van der Waals surface area contributed by atoms with Gasteiger partial charge in [-0.25, -0.2) is 4.98 Å². The van der Waals surface area contributed by atoms with Crippen LogP contribution in [0.5, 0.6) is 0 Å². The molecule has 0 saturated heterocycles. The number of anilines is 2. The largest absolute Gasteiger partial charge is 0.366 e. The second kappa shape index (κ2) is 7.78. The average molecular weight is 298 g/mol. The van der Waals surface area contributed by atoms with E-state index in [1.54, 1.807) is 0 Å². The van der Waals surface area contributed by atoms with Crippen molar-refractivity contribution in [3.63, 3.8) is 0 Å². The van der Waals surface area contributed by atoms with Crippen LogP contribution in [0.15, 0.2) is 30.3 Å². The molecule has 2 rings (SSSR count). The minimum absolute atomic E-state index is 0.779. The predicted molar refractivity (Wildman–Crippen MR) is 93.5 cm³/mol. The predicted octanol–water partition coefficient (Wildman–Crippen LogP) is 3.94. The van der Waals surface area contributed by atoms with Gasteiger partial charge in [-0.05, 0) is 31.4 Å². The number of unbranched alkanes of at least 4 members (excludes halogenated alkanes) is 1. The van der Waals surface area contributed by atoms with Crippen LogP contribution in [0, 0.1) is 13.8 Å². The molecule has 22 heavy (non-hydrogen) atoms. The Bertz CT molecular complexity index is 610. The van der Waals surface area contributed by atoms with Crippen molar-refractivity contribution in [2.45, 2.75) is 40.2 Å². The molecule has 0 spiro atoms. The number of nitrogens with zero attached hydrogens (tertiary/aromatic N) is 3. The molecule has 0 aliphatic heterocycles. The zero-order valence-corrected chi connectivity index (χ0v) is 14.1. The third-order valence-corrected chi connectivity index (χ3v) is 3.75. The van der Waals surface area contributed by atoms with Crippen molar-refractivity contribution in [2.24, 2.45) is 0 Å². The van der Waals surface area contributed by atoms with E-state index in [1.165, 1.54) is 17.5 Å². The van der Waals surface area contributed by atoms with Crippen LogP contribution in [-0.2, 0) is 6.54 Å². The van der Waals surface area contributed by atoms with Crippen molar-refractivity contribution in [1.29, 1.82) is 0 Å².